The van der Waals surface area contributed by atoms with Gasteiger partial charge in [-0.2, -0.15) is 9.97 Å². The summed E-state index contributed by atoms with van der Waals surface area (Å²) in [5.74, 6) is 2.60. The molecule has 164 valence electrons. The fourth-order valence-electron chi connectivity index (χ4n) is 6.44. The Morgan fingerprint density at radius 2 is 1.35 bits per heavy atom. The maximum Gasteiger partial charge on any atom is 0.226 e. The molecule has 3 fully saturated rings. The molecular weight excluding hydrogens is 382 g/mol. The van der Waals surface area contributed by atoms with E-state index in [9.17, 15) is 0 Å². The monoisotopic (exact) mass is 417 g/mol. The summed E-state index contributed by atoms with van der Waals surface area (Å²) in [7, 11) is 0. The molecule has 0 amide bonds. The van der Waals surface area contributed by atoms with E-state index >= 15 is 0 Å². The summed E-state index contributed by atoms with van der Waals surface area (Å²) in [4.78, 5) is 15.0. The lowest BCUT2D eigenvalue weighted by molar-refractivity contribution is 0.170. The summed E-state index contributed by atoms with van der Waals surface area (Å²) >= 11 is 0. The zero-order chi connectivity index (χ0) is 21.5. The minimum atomic E-state index is 0.0863. The molecule has 2 aliphatic carbocycles. The van der Waals surface area contributed by atoms with Gasteiger partial charge in [0, 0.05) is 28.1 Å². The molecule has 5 nitrogen and oxygen atoms in total. The lowest BCUT2D eigenvalue weighted by Gasteiger charge is -2.46. The van der Waals surface area contributed by atoms with Crippen molar-refractivity contribution in [1.29, 1.82) is 0 Å². The third-order valence-electron chi connectivity index (χ3n) is 8.18. The number of fused-ring (bicyclic) bond motifs is 3. The largest absolute Gasteiger partial charge is 0.351 e. The van der Waals surface area contributed by atoms with Crippen LogP contribution in [-0.4, -0.2) is 32.1 Å². The van der Waals surface area contributed by atoms with Crippen molar-refractivity contribution in [2.24, 2.45) is 0 Å². The molecule has 0 atom stereocenters. The summed E-state index contributed by atoms with van der Waals surface area (Å²) in [5.41, 5.74) is 3.36. The van der Waals surface area contributed by atoms with Gasteiger partial charge in [0.25, 0.3) is 0 Å². The molecular formula is C26H35N5. The van der Waals surface area contributed by atoms with E-state index in [-0.39, 0.29) is 16.5 Å². The first kappa shape index (κ1) is 19.7. The topological polar surface area (TPSA) is 62.7 Å². The van der Waals surface area contributed by atoms with Crippen LogP contribution in [0.25, 0.3) is 11.4 Å². The van der Waals surface area contributed by atoms with Crippen molar-refractivity contribution in [1.82, 2.24) is 20.3 Å². The molecule has 31 heavy (non-hydrogen) atoms. The van der Waals surface area contributed by atoms with E-state index in [0.29, 0.717) is 11.5 Å². The Balaban J connectivity index is 1.37. The van der Waals surface area contributed by atoms with E-state index < -0.39 is 0 Å². The molecule has 2 spiro atoms. The molecule has 0 unspecified atom stereocenters. The molecule has 1 aromatic carbocycles. The van der Waals surface area contributed by atoms with Crippen LogP contribution in [0.4, 0.5) is 5.95 Å². The van der Waals surface area contributed by atoms with E-state index in [0.717, 1.165) is 36.0 Å². The van der Waals surface area contributed by atoms with Crippen LogP contribution < -0.4 is 10.6 Å². The first-order valence-corrected chi connectivity index (χ1v) is 12.1. The van der Waals surface area contributed by atoms with Crippen molar-refractivity contribution >= 4 is 5.95 Å². The molecule has 2 saturated carbocycles. The van der Waals surface area contributed by atoms with Crippen molar-refractivity contribution in [3.8, 4) is 11.4 Å². The van der Waals surface area contributed by atoms with E-state index in [1.165, 1.54) is 44.1 Å². The number of anilines is 1. The van der Waals surface area contributed by atoms with Crippen molar-refractivity contribution in [2.45, 2.75) is 107 Å². The highest BCUT2D eigenvalue weighted by molar-refractivity contribution is 5.58. The number of hydrogen-bond donors (Lipinski definition) is 2. The van der Waals surface area contributed by atoms with Gasteiger partial charge in [0.2, 0.25) is 5.95 Å². The molecule has 2 aromatic rings. The summed E-state index contributed by atoms with van der Waals surface area (Å²) in [6.07, 6.45) is 9.64. The van der Waals surface area contributed by atoms with Crippen LogP contribution in [-0.2, 0) is 10.8 Å². The fraction of sp³-hybridized carbons (Fsp3) is 0.654. The Kier molecular flexibility index (Phi) is 3.98. The number of piperidine rings is 1. The maximum absolute atomic E-state index is 5.04. The Hall–Kier alpha value is -2.01. The number of benzene rings is 1. The van der Waals surface area contributed by atoms with Gasteiger partial charge in [0.1, 0.15) is 5.82 Å². The van der Waals surface area contributed by atoms with Crippen molar-refractivity contribution in [3.63, 3.8) is 0 Å². The van der Waals surface area contributed by atoms with Gasteiger partial charge < -0.3 is 10.6 Å². The van der Waals surface area contributed by atoms with Gasteiger partial charge >= 0.3 is 0 Å². The number of nitrogens with one attached hydrogen (secondary N) is 2. The highest BCUT2D eigenvalue weighted by Crippen LogP contribution is 2.58. The summed E-state index contributed by atoms with van der Waals surface area (Å²) in [6.45, 7) is 9.15. The van der Waals surface area contributed by atoms with Crippen LogP contribution in [0.5, 0.6) is 0 Å². The lowest BCUT2D eigenvalue weighted by Crippen LogP contribution is -2.60. The number of hydrogen-bond acceptors (Lipinski definition) is 5. The molecule has 2 N–H and O–H groups in total. The Bertz CT molecular complexity index is 999. The van der Waals surface area contributed by atoms with E-state index in [2.05, 4.69) is 62.6 Å². The van der Waals surface area contributed by atoms with E-state index in [1.54, 1.807) is 0 Å². The Labute approximate surface area is 185 Å². The van der Waals surface area contributed by atoms with Gasteiger partial charge in [-0.25, -0.2) is 4.98 Å². The second-order valence-electron chi connectivity index (χ2n) is 12.1. The second-order valence-corrected chi connectivity index (χ2v) is 12.1. The van der Waals surface area contributed by atoms with Crippen LogP contribution in [0.2, 0.25) is 0 Å². The summed E-state index contributed by atoms with van der Waals surface area (Å²) in [5, 5.41) is 7.50. The van der Waals surface area contributed by atoms with Crippen molar-refractivity contribution in [2.75, 3.05) is 5.32 Å². The number of aromatic nitrogens is 3. The molecule has 4 heterocycles. The zero-order valence-electron chi connectivity index (χ0n) is 19.4. The van der Waals surface area contributed by atoms with Gasteiger partial charge in [0.05, 0.1) is 0 Å². The van der Waals surface area contributed by atoms with Crippen LogP contribution >= 0.6 is 0 Å². The third-order valence-corrected chi connectivity index (χ3v) is 8.18. The van der Waals surface area contributed by atoms with Gasteiger partial charge in [-0.15, -0.1) is 0 Å². The minimum absolute atomic E-state index is 0.0863. The third kappa shape index (κ3) is 3.55. The molecule has 1 aromatic heterocycles. The number of nitrogens with zero attached hydrogens (tertiary/aromatic N) is 3. The van der Waals surface area contributed by atoms with Crippen molar-refractivity contribution in [3.05, 3.63) is 35.7 Å². The molecule has 5 aliphatic rings. The average molecular weight is 418 g/mol. The quantitative estimate of drug-likeness (QED) is 0.710. The highest BCUT2D eigenvalue weighted by Gasteiger charge is 2.52. The standard InChI is InChI=1S/C26H35N5/c1-23(2)15-19(16-24(3,4)31-23)27-22-29-20-17-5-7-18(8-6-17)25(9-10-25)11-12-26(13-14-26)21(28-20)30-22/h5-8,19,31H,9-16H2,1-4H3,(H,27,28,29,30). The fourth-order valence-corrected chi connectivity index (χ4v) is 6.44. The second kappa shape index (κ2) is 6.28. The average Bonchev–Trinajstić information content (AvgIpc) is 3.59. The maximum atomic E-state index is 5.04. The lowest BCUT2D eigenvalue weighted by atomic mass is 9.80. The molecule has 4 bridgehead atoms. The van der Waals surface area contributed by atoms with Gasteiger partial charge in [-0.3, -0.25) is 0 Å². The van der Waals surface area contributed by atoms with Crippen LogP contribution in [0.3, 0.4) is 0 Å². The zero-order valence-corrected chi connectivity index (χ0v) is 19.4. The molecule has 5 heteroatoms. The van der Waals surface area contributed by atoms with Gasteiger partial charge in [-0.05, 0) is 90.0 Å². The molecule has 1 saturated heterocycles. The summed E-state index contributed by atoms with van der Waals surface area (Å²) < 4.78 is 0. The van der Waals surface area contributed by atoms with Crippen LogP contribution in [0.1, 0.15) is 90.4 Å². The predicted octanol–water partition coefficient (Wildman–Crippen LogP) is 5.12. The van der Waals surface area contributed by atoms with Crippen LogP contribution in [0.15, 0.2) is 24.3 Å². The normalized spacial score (nSPS) is 26.5. The molecule has 7 rings (SSSR count). The minimum Gasteiger partial charge on any atom is -0.351 e. The highest BCUT2D eigenvalue weighted by atomic mass is 15.2. The molecule has 3 aliphatic heterocycles. The smallest absolute Gasteiger partial charge is 0.226 e. The molecule has 0 radical (unpaired) electrons. The first-order chi connectivity index (χ1) is 14.7. The first-order valence-electron chi connectivity index (χ1n) is 12.1. The predicted molar refractivity (Wildman–Crippen MR) is 124 cm³/mol. The Morgan fingerprint density at radius 3 is 1.97 bits per heavy atom. The van der Waals surface area contributed by atoms with E-state index in [4.69, 9.17) is 15.0 Å². The van der Waals surface area contributed by atoms with E-state index in [1.807, 2.05) is 0 Å². The number of rotatable bonds is 2. The Morgan fingerprint density at radius 1 is 0.774 bits per heavy atom. The van der Waals surface area contributed by atoms with Gasteiger partial charge in [-0.1, -0.05) is 24.3 Å². The van der Waals surface area contributed by atoms with Crippen LogP contribution in [0, 0.1) is 0 Å². The summed E-state index contributed by atoms with van der Waals surface area (Å²) in [6, 6.07) is 9.43. The van der Waals surface area contributed by atoms with Crippen molar-refractivity contribution < 1.29 is 0 Å². The van der Waals surface area contributed by atoms with Gasteiger partial charge in [0.15, 0.2) is 5.82 Å². The SMILES string of the molecule is CC1(C)CC(Nc2nc3nc(n2)C2(CCC4(CC4)c4ccc-3cc4)CC2)CC(C)(C)N1.